The summed E-state index contributed by atoms with van der Waals surface area (Å²) in [6.07, 6.45) is 29.7. The van der Waals surface area contributed by atoms with Crippen molar-refractivity contribution < 1.29 is 0 Å². The van der Waals surface area contributed by atoms with E-state index >= 15 is 0 Å². The quantitative estimate of drug-likeness (QED) is 0.0533. The molecule has 0 aromatic rings. The summed E-state index contributed by atoms with van der Waals surface area (Å²) in [6, 6.07) is 0. The van der Waals surface area contributed by atoms with E-state index in [0.29, 0.717) is 428 Å². The highest BCUT2D eigenvalue weighted by Gasteiger charge is 2.74. The van der Waals surface area contributed by atoms with Crippen molar-refractivity contribution in [1.29, 1.82) is 0 Å². The summed E-state index contributed by atoms with van der Waals surface area (Å²) in [6.45, 7) is 0. The molecule has 0 radical (unpaired) electrons. The summed E-state index contributed by atoms with van der Waals surface area (Å²) in [4.78, 5) is 0. The lowest BCUT2D eigenvalue weighted by atomic mass is 8.16. The normalized spacial score (nSPS) is 9.88. The summed E-state index contributed by atoms with van der Waals surface area (Å²) in [5.41, 5.74) is 0. The zero-order valence-electron chi connectivity index (χ0n) is 118. The van der Waals surface area contributed by atoms with Crippen LogP contribution in [0.5, 0.6) is 0 Å². The van der Waals surface area contributed by atoms with Gasteiger partial charge in [0.05, 0.1) is 580 Å². The minimum atomic E-state index is 0.210. The van der Waals surface area contributed by atoms with Crippen molar-refractivity contribution in [3.63, 3.8) is 0 Å². The first-order valence-corrected chi connectivity index (χ1v) is 67.8. The smallest absolute Gasteiger partial charge is 0.0000000723 e. The van der Waals surface area contributed by atoms with Gasteiger partial charge in [0.1, 0.15) is 0 Å². The van der Waals surface area contributed by atoms with Gasteiger partial charge in [0.15, 0.2) is 0 Å². The number of rotatable bonds is 73. The van der Waals surface area contributed by atoms with Crippen LogP contribution in [0.25, 0.3) is 0 Å². The molecule has 0 bridgehead atoms. The molecule has 0 unspecified atom stereocenters. The molecule has 0 atom stereocenters. The third-order valence-corrected chi connectivity index (χ3v) is 44.6. The highest BCUT2D eigenvalue weighted by atomic mass is 13.5. The van der Waals surface area contributed by atoms with Crippen LogP contribution in [0.15, 0.2) is 0 Å². The van der Waals surface area contributed by atoms with E-state index in [0.717, 1.165) is 0 Å². The molecular formula is H151B149. The SMILES string of the molecule is BBB(B(B)B)B(B(B(B)B)B(B)B)B(B(B(B)B)B(B)B)B(B(B(B(B(B)B)B(B)B)B(B(B)B)B(B)B)B(B(B(B)B)B(B)B)B(B(B)B)B(B)B)B(B(B(B(B(B)B)B(B)B)B(B(B)B)B(B)B)B(B(B(B)B)B(B)B)B(B(B)B)B(B)B)B(B(B(B(B(B)B)B(B)B)B(B(B)B)B(B)B)B(B(B(B)B)B(B)B)B(B(B)B)B(B)B)B(B(B(B(B)B)B(B)B)B(B(B)B)B(B)B)B(B(B(B)B)B(B)B)B(B(B)B)B(B)B. The van der Waals surface area contributed by atoms with Gasteiger partial charge in [-0.15, -0.1) is 0 Å². The second-order valence-corrected chi connectivity index (χ2v) is 67.3. The van der Waals surface area contributed by atoms with Gasteiger partial charge in [-0.25, -0.2) is 0 Å². The maximum Gasteiger partial charge on any atom is 0.0593 e. The zero-order chi connectivity index (χ0) is 118. The largest absolute Gasteiger partial charge is 0.0593 e. The van der Waals surface area contributed by atoms with Crippen molar-refractivity contribution in [3.8, 4) is 0 Å². The fourth-order valence-corrected chi connectivity index (χ4v) is 44.2. The molecule has 0 N–H and O–H groups in total. The summed E-state index contributed by atoms with van der Waals surface area (Å²) < 4.78 is 0. The molecule has 598 valence electrons. The molecule has 0 aromatic heterocycles. The lowest BCUT2D eigenvalue weighted by Gasteiger charge is -2.65. The van der Waals surface area contributed by atoms with Crippen molar-refractivity contribution in [2.75, 3.05) is 0 Å². The molecule has 0 aromatic carbocycles. The zero-order valence-corrected chi connectivity index (χ0v) is 118. The average Bonchev–Trinajstić information content (AvgIpc) is 0.696. The molecule has 0 aliphatic rings. The second-order valence-electron chi connectivity index (χ2n) is 67.3. The molecule has 0 aliphatic heterocycles. The average molecular weight is 1760 g/mol. The molecule has 0 saturated heterocycles. The summed E-state index contributed by atoms with van der Waals surface area (Å²) >= 11 is 0. The monoisotopic (exact) mass is 1790 g/mol. The Hall–Kier alpha value is 9.68. The van der Waals surface area contributed by atoms with Crippen molar-refractivity contribution in [1.82, 2.24) is 0 Å². The molecule has 0 amide bonds. The third-order valence-electron chi connectivity index (χ3n) is 44.6. The summed E-state index contributed by atoms with van der Waals surface area (Å²) in [7, 11) is 219. The maximum absolute atomic E-state index is 2.97. The third kappa shape index (κ3) is 42.6. The van der Waals surface area contributed by atoms with Crippen LogP contribution < -0.4 is 0 Å². The van der Waals surface area contributed by atoms with Crippen molar-refractivity contribution >= 4 is 1050 Å². The van der Waals surface area contributed by atoms with E-state index in [1.165, 1.54) is 7.06 Å². The molecule has 0 rings (SSSR count). The summed E-state index contributed by atoms with van der Waals surface area (Å²) in [5, 5.41) is 0. The van der Waals surface area contributed by atoms with E-state index in [4.69, 9.17) is 0 Å². The van der Waals surface area contributed by atoms with Crippen LogP contribution in [0.2, 0.25) is 0 Å². The van der Waals surface area contributed by atoms with Crippen LogP contribution >= 0.6 is 0 Å². The van der Waals surface area contributed by atoms with Gasteiger partial charge in [0.25, 0.3) is 0 Å². The molecular weight excluding hydrogens is 1610 g/mol. The maximum atomic E-state index is 2.97. The molecule has 0 fully saturated rings. The van der Waals surface area contributed by atoms with Gasteiger partial charge < -0.3 is 0 Å². The van der Waals surface area contributed by atoms with E-state index in [1.807, 2.05) is 0 Å². The van der Waals surface area contributed by atoms with Gasteiger partial charge in [-0.1, -0.05) is 0 Å². The van der Waals surface area contributed by atoms with E-state index < -0.39 is 0 Å². The number of hydrogen-bond acceptors (Lipinski definition) is 0. The fourth-order valence-electron chi connectivity index (χ4n) is 44.2. The van der Waals surface area contributed by atoms with Crippen LogP contribution in [-0.2, 0) is 0 Å². The van der Waals surface area contributed by atoms with Crippen LogP contribution in [0.1, 0.15) is 0 Å². The van der Waals surface area contributed by atoms with Crippen LogP contribution in [0, 0.1) is 0 Å². The first-order chi connectivity index (χ1) is 67.8. The van der Waals surface area contributed by atoms with Crippen molar-refractivity contribution in [2.24, 2.45) is 0 Å². The van der Waals surface area contributed by atoms with Gasteiger partial charge >= 0.3 is 0 Å². The summed E-state index contributed by atoms with van der Waals surface area (Å²) in [5.74, 6) is 0. The minimum absolute atomic E-state index is 0.210. The Morgan fingerprint density at radius 1 is 0.0604 bits per heavy atom. The molecule has 0 nitrogen and oxygen atoms in total. The number of hydrogen-bond donors (Lipinski definition) is 0. The molecule has 149 heteroatoms. The lowest BCUT2D eigenvalue weighted by Crippen LogP contribution is -3.04. The fraction of sp³-hybridized carbons (Fsp3) is 0. The Kier molecular flexibility index (Phi) is 78.1. The van der Waals surface area contributed by atoms with E-state index in [1.54, 1.807) is 0 Å². The molecule has 0 spiro atoms. The van der Waals surface area contributed by atoms with Gasteiger partial charge in [0, 0.05) is 473 Å². The van der Waals surface area contributed by atoms with Crippen LogP contribution in [0.4, 0.5) is 0 Å². The van der Waals surface area contributed by atoms with E-state index in [2.05, 4.69) is 580 Å². The second kappa shape index (κ2) is 73.4. The molecule has 0 heterocycles. The Labute approximate surface area is 1040 Å². The lowest BCUT2D eigenvalue weighted by molar-refractivity contribution is 3.10. The van der Waals surface area contributed by atoms with Gasteiger partial charge in [-0.2, -0.15) is 0 Å². The van der Waals surface area contributed by atoms with Gasteiger partial charge in [0.2, 0.25) is 0 Å². The Balaban J connectivity index is 19.1. The predicted octanol–water partition coefficient (Wildman–Crippen LogP) is -97.2. The van der Waals surface area contributed by atoms with Gasteiger partial charge in [-0.05, 0) is 0 Å². The minimum Gasteiger partial charge on any atom is 0.0000000723 e. The predicted molar refractivity (Wildman–Crippen MR) is 1070 cm³/mol. The van der Waals surface area contributed by atoms with Crippen molar-refractivity contribution in [3.05, 3.63) is 0 Å². The highest BCUT2D eigenvalue weighted by molar-refractivity contribution is 8.49. The Morgan fingerprint density at radius 3 is 0.154 bits per heavy atom. The van der Waals surface area contributed by atoms with E-state index in [9.17, 15) is 0 Å². The van der Waals surface area contributed by atoms with Crippen LogP contribution in [-0.4, -0.2) is 1050 Å². The Morgan fingerprint density at radius 2 is 0.107 bits per heavy atom. The van der Waals surface area contributed by atoms with Crippen molar-refractivity contribution in [2.45, 2.75) is 0 Å². The van der Waals surface area contributed by atoms with Crippen LogP contribution in [0.3, 0.4) is 0 Å². The molecule has 0 aliphatic carbocycles. The topological polar surface area (TPSA) is 0 Å². The first kappa shape index (κ1) is 159. The standard InChI is InChI=1S/B149H151/c1-76-114(77(2)3)133(115(78(4)5)79(6)7)142(132(112(72)73)113(74)75)147(143(134(116(80(8)9)81(10)11)117(82(12)13)83(14)15)135(118(84(16)17)85(18)19)119(86(20)21)87(22)23)149(146(140(128(104(56)57)105(58)59)129(106(60)61)107(62)63)141(130(108(64)65)109(66)67)131(110(68)69)111(70)71)148(144(136(120(88(24)25)89(26)27)121(90(28)29)91(30)31)137(122(92(32)33)93(34)35)123(94(36)37)95(38)39)145(138(124(96(40)41)97(42)43)125(98(44)45)99(46)47)139(126(100(48)49)101(50)51)127(102(52)53)103(54)55/h76H,1-75H2. The highest BCUT2D eigenvalue weighted by Crippen LogP contribution is 2.35. The molecule has 149 heavy (non-hydrogen) atoms. The molecule has 0 saturated carbocycles. The van der Waals surface area contributed by atoms with E-state index in [-0.39, 0.29) is 38.3 Å². The Bertz CT molecular complexity index is 2650. The first-order valence-electron chi connectivity index (χ1n) is 67.8. The van der Waals surface area contributed by atoms with Gasteiger partial charge in [-0.3, -0.25) is 0 Å².